The first kappa shape index (κ1) is 105. The van der Waals surface area contributed by atoms with Gasteiger partial charge in [0.2, 0.25) is 0 Å². The molecule has 0 amide bonds. The van der Waals surface area contributed by atoms with Crippen LogP contribution in [0.2, 0.25) is 0 Å². The molecule has 8 aliphatic heterocycles. The molecule has 4 aromatic heterocycles. The molecule has 143 heavy (non-hydrogen) atoms. The number of fused-ring (bicyclic) bond motifs is 12. The minimum Gasteiger partial charge on any atom is -0.492 e. The van der Waals surface area contributed by atoms with Gasteiger partial charge in [0.1, 0.15) is 83.4 Å². The summed E-state index contributed by atoms with van der Waals surface area (Å²) in [4.78, 5) is 32.3. The Morgan fingerprint density at radius 2 is 0.664 bits per heavy atom. The number of hydrogen-bond acceptors (Lipinski definition) is 16. The molecule has 8 aliphatic rings. The lowest BCUT2D eigenvalue weighted by atomic mass is 9.84. The number of para-hydroxylation sites is 4. The molecule has 0 unspecified atom stereocenters. The highest BCUT2D eigenvalue weighted by Crippen LogP contribution is 2.50. The van der Waals surface area contributed by atoms with Crippen LogP contribution < -0.4 is 18.9 Å². The maximum atomic E-state index is 15.9. The third kappa shape index (κ3) is 23.8. The second-order valence-electron chi connectivity index (χ2n) is 43.9. The summed E-state index contributed by atoms with van der Waals surface area (Å²) >= 11 is 0. The molecular weight excluding hydrogens is 1820 g/mol. The molecule has 0 bridgehead atoms. The van der Waals surface area contributed by atoms with E-state index in [1.54, 1.807) is 6.07 Å². The Labute approximate surface area is 840 Å². The predicted molar refractivity (Wildman–Crippen MR) is 559 cm³/mol. The lowest BCUT2D eigenvalue weighted by molar-refractivity contribution is 0.0169. The zero-order valence-corrected chi connectivity index (χ0v) is 86.1. The van der Waals surface area contributed by atoms with Crippen LogP contribution in [0.15, 0.2) is 176 Å². The molecule has 8 N–H and O–H groups in total. The lowest BCUT2D eigenvalue weighted by Gasteiger charge is -2.44. The van der Waals surface area contributed by atoms with Crippen molar-refractivity contribution in [3.8, 4) is 23.0 Å². The van der Waals surface area contributed by atoms with E-state index in [1.807, 2.05) is 105 Å². The van der Waals surface area contributed by atoms with Gasteiger partial charge in [-0.25, -0.2) is 26.3 Å². The second-order valence-corrected chi connectivity index (χ2v) is 43.9. The molecule has 0 radical (unpaired) electrons. The highest BCUT2D eigenvalue weighted by molar-refractivity contribution is 5.88. The normalized spacial score (nSPS) is 22.6. The molecular formula is C117H152F6N12O8. The number of hydrogen-bond donors (Lipinski definition) is 8. The van der Waals surface area contributed by atoms with E-state index < -0.39 is 66.0 Å². The third-order valence-electron chi connectivity index (χ3n) is 31.5. The predicted octanol–water partition coefficient (Wildman–Crippen LogP) is 20.6. The average Bonchev–Trinajstić information content (AvgIpc) is 1.62. The summed E-state index contributed by atoms with van der Waals surface area (Å²) in [5.41, 5.74) is 10.1. The summed E-state index contributed by atoms with van der Waals surface area (Å²) in [6.07, 6.45) is 9.13. The Kier molecular flexibility index (Phi) is 33.1. The van der Waals surface area contributed by atoms with Crippen LogP contribution in [0.1, 0.15) is 214 Å². The van der Waals surface area contributed by atoms with Gasteiger partial charge in [0.05, 0.1) is 44.0 Å². The third-order valence-corrected chi connectivity index (χ3v) is 31.5. The Bertz CT molecular complexity index is 6010. The molecule has 0 saturated carbocycles. The van der Waals surface area contributed by atoms with Gasteiger partial charge in [0.25, 0.3) is 0 Å². The van der Waals surface area contributed by atoms with Crippen LogP contribution in [-0.2, 0) is 25.7 Å². The number of aromatic amines is 4. The van der Waals surface area contributed by atoms with E-state index in [4.69, 9.17) is 18.9 Å². The van der Waals surface area contributed by atoms with Crippen molar-refractivity contribution in [2.24, 2.45) is 23.2 Å². The number of nitrogens with zero attached hydrogens (tertiary/aromatic N) is 8. The van der Waals surface area contributed by atoms with E-state index in [0.717, 1.165) is 198 Å². The number of unbranched alkanes of at least 4 members (excludes halogenated alkanes) is 1. The number of rotatable bonds is 36. The van der Waals surface area contributed by atoms with Gasteiger partial charge in [-0.2, -0.15) is 0 Å². The van der Waals surface area contributed by atoms with Gasteiger partial charge in [0, 0.05) is 230 Å². The quantitative estimate of drug-likeness (QED) is 0.0172. The fourth-order valence-corrected chi connectivity index (χ4v) is 23.0. The number of halogens is 6. The number of nitrogens with one attached hydrogen (secondary N) is 4. The molecule has 12 heterocycles. The van der Waals surface area contributed by atoms with Crippen LogP contribution in [0.4, 0.5) is 26.3 Å². The van der Waals surface area contributed by atoms with E-state index in [0.29, 0.717) is 37.7 Å². The van der Waals surface area contributed by atoms with Gasteiger partial charge in [-0.05, 0) is 193 Å². The van der Waals surface area contributed by atoms with Crippen LogP contribution >= 0.6 is 0 Å². The van der Waals surface area contributed by atoms with Crippen molar-refractivity contribution in [1.82, 2.24) is 59.1 Å². The van der Waals surface area contributed by atoms with Crippen LogP contribution in [0.3, 0.4) is 0 Å². The monoisotopic (exact) mass is 1970 g/mol. The number of aliphatic hydroxyl groups is 4. The Hall–Kier alpha value is -9.78. The van der Waals surface area contributed by atoms with Crippen molar-refractivity contribution in [1.29, 1.82) is 0 Å². The number of H-pyrrole nitrogens is 4. The molecule has 12 aromatic rings. The van der Waals surface area contributed by atoms with Crippen molar-refractivity contribution >= 4 is 43.6 Å². The smallest absolute Gasteiger partial charge is 0.143 e. The number of alkyl halides is 3. The number of benzene rings is 8. The first-order valence-electron chi connectivity index (χ1n) is 52.6. The summed E-state index contributed by atoms with van der Waals surface area (Å²) in [5.74, 6) is 3.36. The van der Waals surface area contributed by atoms with Crippen LogP contribution in [-0.4, -0.2) is 278 Å². The minimum absolute atomic E-state index is 0.00355. The number of aromatic nitrogens is 4. The lowest BCUT2D eigenvalue weighted by Crippen LogP contribution is -2.53. The largest absolute Gasteiger partial charge is 0.492 e. The molecule has 20 nitrogen and oxygen atoms in total. The summed E-state index contributed by atoms with van der Waals surface area (Å²) < 4.78 is 117. The zero-order chi connectivity index (χ0) is 101. The Balaban J connectivity index is 0.000000131. The topological polar surface area (TPSA) is 207 Å². The fourth-order valence-electron chi connectivity index (χ4n) is 23.0. The molecule has 0 aliphatic carbocycles. The van der Waals surface area contributed by atoms with E-state index >= 15 is 26.3 Å². The number of ether oxygens (including phenoxy) is 4. The van der Waals surface area contributed by atoms with Gasteiger partial charge in [0.15, 0.2) is 0 Å². The molecule has 770 valence electrons. The van der Waals surface area contributed by atoms with Gasteiger partial charge in [-0.3, -0.25) is 39.2 Å². The van der Waals surface area contributed by atoms with Crippen molar-refractivity contribution in [2.75, 3.05) is 151 Å². The van der Waals surface area contributed by atoms with Gasteiger partial charge in [-0.1, -0.05) is 170 Å². The van der Waals surface area contributed by atoms with Crippen molar-refractivity contribution in [3.63, 3.8) is 0 Å². The minimum atomic E-state index is -1.80. The van der Waals surface area contributed by atoms with E-state index in [-0.39, 0.29) is 85.7 Å². The Morgan fingerprint density at radius 1 is 0.350 bits per heavy atom. The summed E-state index contributed by atoms with van der Waals surface area (Å²) in [6.45, 7) is 39.1. The molecule has 0 spiro atoms. The molecule has 8 aromatic carbocycles. The van der Waals surface area contributed by atoms with Crippen LogP contribution in [0.5, 0.6) is 23.0 Å². The maximum absolute atomic E-state index is 15.9. The maximum Gasteiger partial charge on any atom is 0.143 e. The van der Waals surface area contributed by atoms with Crippen LogP contribution in [0, 0.1) is 40.6 Å². The van der Waals surface area contributed by atoms with Crippen molar-refractivity contribution in [2.45, 2.75) is 219 Å². The Morgan fingerprint density at radius 3 is 1.01 bits per heavy atom. The molecule has 4 saturated heterocycles. The number of aliphatic hydroxyl groups excluding tert-OH is 4. The summed E-state index contributed by atoms with van der Waals surface area (Å²) in [5, 5.41) is 43.6. The average molecular weight is 1970 g/mol. The second kappa shape index (κ2) is 45.3. The molecule has 11 atom stereocenters. The molecule has 4 fully saturated rings. The highest BCUT2D eigenvalue weighted by atomic mass is 19.2. The summed E-state index contributed by atoms with van der Waals surface area (Å²) in [7, 11) is 0. The zero-order valence-electron chi connectivity index (χ0n) is 86.1. The number of likely N-dealkylation sites (tertiary alicyclic amines) is 4. The SMILES string of the molecule is CCC1CN(CCOc2ccc([C@@H]3c4[nH]c5ccccc5c4C[C@@H](C)N3C[C@@](C)(F)CO)cc2)C1.CCC1CN(CCOc2ccc([C@@H]3c4[nH]c5ccccc5c4C[C@@H](C)N3C[C@](C)(F)CO)c(F)c2)C1.CCC1CN(CCOc2ccc([C@@H]3c4[nH]c5ccccc5c4C[C@@H](C)N3C[C@](C)(F)CO)cc2)C1.CCCCN1CC(Oc2cc(F)c([C@@H]3c4[nH]c5ccccc5c4C[C@@H](C)N3CC(C)(C)CO)c(F)c2)C1. The summed E-state index contributed by atoms with van der Waals surface area (Å²) in [6, 6.07) is 55.9. The first-order valence-corrected chi connectivity index (χ1v) is 52.6. The van der Waals surface area contributed by atoms with Crippen molar-refractivity contribution < 1.29 is 65.7 Å². The highest BCUT2D eigenvalue weighted by Gasteiger charge is 2.47. The van der Waals surface area contributed by atoms with Gasteiger partial charge in [-0.15, -0.1) is 0 Å². The van der Waals surface area contributed by atoms with E-state index in [2.05, 4.69) is 175 Å². The van der Waals surface area contributed by atoms with Gasteiger partial charge < -0.3 is 59.3 Å². The molecule has 26 heteroatoms. The fraction of sp³-hybridized carbons (Fsp3) is 0.521. The standard InChI is InChI=1S/C30H39F2N3O2.C29H37F2N3O2.2C29H38FN3O2/c1-5-6-11-34-15-21(16-34)37-20-13-24(31)27(25(32)14-20)29-28-23(22-9-7-8-10-26(22)33-28)12-19(2)35(29)17-30(3,4)18-36;1-4-20-15-33(16-20)11-12-36-21-9-10-23(25(30)14-21)28-27-24(22-7-5-6-8-26(22)32-27)13-19(2)34(28)17-29(3,31)18-35;2*1-4-21-16-32(17-21)13-14-35-23-11-9-22(10-12-23)28-27-25(24-7-5-6-8-26(24)31-27)15-20(2)33(28)18-29(3,30)19-34/h7-10,13-14,19,21,29,33,36H,5-6,11-12,15-18H2,1-4H3;5-10,14,19-20,28,32,35H,4,11-13,15-18H2,1-3H3;2*5-12,20-21,28,31,34H,4,13-19H2,1-3H3/t19-,29-;19-,28-,29+;20-,28-,29+;20-,28-,29-/m1111/s1. The van der Waals surface area contributed by atoms with E-state index in [9.17, 15) is 20.4 Å². The van der Waals surface area contributed by atoms with Crippen LogP contribution in [0.25, 0.3) is 43.6 Å². The van der Waals surface area contributed by atoms with Crippen molar-refractivity contribution in [3.05, 3.63) is 261 Å². The van der Waals surface area contributed by atoms with E-state index in [1.165, 1.54) is 106 Å². The van der Waals surface area contributed by atoms with Gasteiger partial charge >= 0.3 is 0 Å². The first-order chi connectivity index (χ1) is 68.8. The molecule has 20 rings (SSSR count).